The summed E-state index contributed by atoms with van der Waals surface area (Å²) in [6.07, 6.45) is 0.510. The van der Waals surface area contributed by atoms with Crippen molar-refractivity contribution in [2.24, 2.45) is 0 Å². The molecule has 0 heterocycles. The van der Waals surface area contributed by atoms with E-state index in [1.165, 1.54) is 30.3 Å². The molecule has 26 heavy (non-hydrogen) atoms. The van der Waals surface area contributed by atoms with Crippen LogP contribution in [-0.2, 0) is 20.4 Å². The zero-order valence-corrected chi connectivity index (χ0v) is 16.0. The van der Waals surface area contributed by atoms with Crippen molar-refractivity contribution in [2.45, 2.75) is 44.9 Å². The van der Waals surface area contributed by atoms with E-state index in [4.69, 9.17) is 11.6 Å². The van der Waals surface area contributed by atoms with Gasteiger partial charge in [0.25, 0.3) is 0 Å². The van der Waals surface area contributed by atoms with Gasteiger partial charge in [0.2, 0.25) is 0 Å². The zero-order valence-electron chi connectivity index (χ0n) is 15.2. The van der Waals surface area contributed by atoms with Crippen LogP contribution in [0.15, 0.2) is 36.4 Å². The Morgan fingerprint density at radius 3 is 2.15 bits per heavy atom. The smallest absolute Gasteiger partial charge is 0.144 e. The molecule has 2 rings (SSSR count). The van der Waals surface area contributed by atoms with Crippen LogP contribution in [0.25, 0.3) is 0 Å². The molecule has 0 spiro atoms. The minimum absolute atomic E-state index is 0.152. The molecule has 0 radical (unpaired) electrons. The molecule has 0 aliphatic rings. The van der Waals surface area contributed by atoms with Crippen molar-refractivity contribution >= 4 is 23.7 Å². The van der Waals surface area contributed by atoms with E-state index < -0.39 is 22.5 Å². The minimum atomic E-state index is -1.19. The maximum atomic E-state index is 13.7. The lowest BCUT2D eigenvalue weighted by Crippen LogP contribution is -2.37. The standard InChI is InChI=1S/C21H21ClF2O2/c1-13-5-6-14(23)9-16(13)21(4,12-25)11-19(26)20(2,3)17-10-15(24)7-8-18(17)22/h5-10,12H,11H2,1-4H3. The molecule has 2 aromatic carbocycles. The minimum Gasteiger partial charge on any atom is -0.302 e. The highest BCUT2D eigenvalue weighted by atomic mass is 35.5. The van der Waals surface area contributed by atoms with Crippen molar-refractivity contribution in [3.63, 3.8) is 0 Å². The molecule has 0 aliphatic carbocycles. The van der Waals surface area contributed by atoms with Gasteiger partial charge in [0, 0.05) is 16.9 Å². The lowest BCUT2D eigenvalue weighted by Gasteiger charge is -2.31. The number of hydrogen-bond acceptors (Lipinski definition) is 2. The van der Waals surface area contributed by atoms with Crippen molar-refractivity contribution < 1.29 is 18.4 Å². The van der Waals surface area contributed by atoms with Crippen LogP contribution in [0.1, 0.15) is 43.9 Å². The van der Waals surface area contributed by atoms with Crippen LogP contribution in [0.3, 0.4) is 0 Å². The molecule has 0 saturated heterocycles. The Bertz CT molecular complexity index is 861. The van der Waals surface area contributed by atoms with Gasteiger partial charge in [-0.1, -0.05) is 17.7 Å². The summed E-state index contributed by atoms with van der Waals surface area (Å²) in [7, 11) is 0. The van der Waals surface area contributed by atoms with E-state index >= 15 is 0 Å². The fraction of sp³-hybridized carbons (Fsp3) is 0.333. The zero-order chi connectivity index (χ0) is 19.7. The van der Waals surface area contributed by atoms with Crippen molar-refractivity contribution in [2.75, 3.05) is 0 Å². The molecule has 0 amide bonds. The summed E-state index contributed by atoms with van der Waals surface area (Å²) < 4.78 is 27.3. The third-order valence-electron chi connectivity index (χ3n) is 4.90. The van der Waals surface area contributed by atoms with E-state index in [0.717, 1.165) is 5.56 Å². The van der Waals surface area contributed by atoms with Gasteiger partial charge in [-0.15, -0.1) is 0 Å². The monoisotopic (exact) mass is 378 g/mol. The molecule has 0 bridgehead atoms. The lowest BCUT2D eigenvalue weighted by atomic mass is 9.70. The van der Waals surface area contributed by atoms with Gasteiger partial charge in [0.05, 0.1) is 5.41 Å². The fourth-order valence-corrected chi connectivity index (χ4v) is 3.44. The molecule has 2 nitrogen and oxygen atoms in total. The molecule has 1 unspecified atom stereocenters. The van der Waals surface area contributed by atoms with Crippen LogP contribution >= 0.6 is 11.6 Å². The Balaban J connectivity index is 2.43. The second-order valence-corrected chi connectivity index (χ2v) is 7.75. The van der Waals surface area contributed by atoms with Gasteiger partial charge in [-0.2, -0.15) is 0 Å². The molecule has 0 aliphatic heterocycles. The van der Waals surface area contributed by atoms with Crippen LogP contribution in [0.2, 0.25) is 5.02 Å². The van der Waals surface area contributed by atoms with E-state index in [2.05, 4.69) is 0 Å². The van der Waals surface area contributed by atoms with Gasteiger partial charge >= 0.3 is 0 Å². The van der Waals surface area contributed by atoms with E-state index in [1.54, 1.807) is 33.8 Å². The van der Waals surface area contributed by atoms with Gasteiger partial charge in [-0.3, -0.25) is 4.79 Å². The molecule has 0 N–H and O–H groups in total. The van der Waals surface area contributed by atoms with Gasteiger partial charge in [0.1, 0.15) is 23.7 Å². The van der Waals surface area contributed by atoms with Crippen LogP contribution in [-0.4, -0.2) is 12.1 Å². The molecular formula is C21H21ClF2O2. The predicted molar refractivity (Wildman–Crippen MR) is 98.6 cm³/mol. The Hall–Kier alpha value is -2.07. The summed E-state index contributed by atoms with van der Waals surface area (Å²) in [5.74, 6) is -1.26. The second kappa shape index (κ2) is 7.28. The maximum absolute atomic E-state index is 13.7. The normalized spacial score (nSPS) is 14.0. The first-order valence-corrected chi connectivity index (χ1v) is 8.61. The molecule has 0 aromatic heterocycles. The molecule has 138 valence electrons. The number of carbonyl (C=O) groups is 2. The molecule has 5 heteroatoms. The summed E-state index contributed by atoms with van der Waals surface area (Å²) in [4.78, 5) is 24.9. The number of aldehydes is 1. The summed E-state index contributed by atoms with van der Waals surface area (Å²) in [6, 6.07) is 8.01. The number of Topliss-reactive ketones (excluding diaryl/α,β-unsaturated/α-hetero) is 1. The molecule has 0 saturated carbocycles. The quantitative estimate of drug-likeness (QED) is 0.637. The molecular weight excluding hydrogens is 358 g/mol. The van der Waals surface area contributed by atoms with Crippen molar-refractivity contribution in [1.82, 2.24) is 0 Å². The number of aryl methyl sites for hydroxylation is 1. The van der Waals surface area contributed by atoms with E-state index in [9.17, 15) is 18.4 Å². The summed E-state index contributed by atoms with van der Waals surface area (Å²) in [5.41, 5.74) is -0.767. The van der Waals surface area contributed by atoms with Gasteiger partial charge in [-0.05, 0) is 74.7 Å². The fourth-order valence-electron chi connectivity index (χ4n) is 3.09. The Morgan fingerprint density at radius 1 is 1.04 bits per heavy atom. The molecule has 2 aromatic rings. The summed E-state index contributed by atoms with van der Waals surface area (Å²) in [5, 5.41) is 0.277. The topological polar surface area (TPSA) is 34.1 Å². The van der Waals surface area contributed by atoms with E-state index in [1.807, 2.05) is 0 Å². The predicted octanol–water partition coefficient (Wildman–Crippen LogP) is 5.32. The first kappa shape index (κ1) is 20.2. The SMILES string of the molecule is Cc1ccc(F)cc1C(C)(C=O)CC(=O)C(C)(C)c1cc(F)ccc1Cl. The average molecular weight is 379 g/mol. The molecule has 1 atom stereocenters. The number of benzene rings is 2. The van der Waals surface area contributed by atoms with E-state index in [0.29, 0.717) is 17.4 Å². The Labute approximate surface area is 157 Å². The van der Waals surface area contributed by atoms with Crippen molar-refractivity contribution in [1.29, 1.82) is 0 Å². The molecule has 0 fully saturated rings. The van der Waals surface area contributed by atoms with Crippen LogP contribution in [0, 0.1) is 18.6 Å². The van der Waals surface area contributed by atoms with Gasteiger partial charge in [0.15, 0.2) is 0 Å². The largest absolute Gasteiger partial charge is 0.302 e. The van der Waals surface area contributed by atoms with Crippen LogP contribution in [0.4, 0.5) is 8.78 Å². The van der Waals surface area contributed by atoms with Gasteiger partial charge < -0.3 is 4.79 Å². The Kier molecular flexibility index (Phi) is 5.67. The first-order chi connectivity index (χ1) is 12.0. The second-order valence-electron chi connectivity index (χ2n) is 7.34. The maximum Gasteiger partial charge on any atom is 0.144 e. The van der Waals surface area contributed by atoms with E-state index in [-0.39, 0.29) is 17.2 Å². The van der Waals surface area contributed by atoms with Crippen LogP contribution in [0.5, 0.6) is 0 Å². The number of carbonyl (C=O) groups excluding carboxylic acids is 2. The average Bonchev–Trinajstić information content (AvgIpc) is 2.58. The van der Waals surface area contributed by atoms with Gasteiger partial charge in [-0.25, -0.2) is 8.78 Å². The van der Waals surface area contributed by atoms with Crippen molar-refractivity contribution in [3.8, 4) is 0 Å². The van der Waals surface area contributed by atoms with Crippen molar-refractivity contribution in [3.05, 3.63) is 69.7 Å². The number of ketones is 1. The highest BCUT2D eigenvalue weighted by molar-refractivity contribution is 6.31. The third kappa shape index (κ3) is 3.85. The summed E-state index contributed by atoms with van der Waals surface area (Å²) in [6.45, 7) is 6.64. The Morgan fingerprint density at radius 2 is 1.58 bits per heavy atom. The lowest BCUT2D eigenvalue weighted by molar-refractivity contribution is -0.127. The summed E-state index contributed by atoms with van der Waals surface area (Å²) >= 11 is 6.15. The third-order valence-corrected chi connectivity index (χ3v) is 5.23. The number of hydrogen-bond donors (Lipinski definition) is 0. The van der Waals surface area contributed by atoms with Crippen LogP contribution < -0.4 is 0 Å². The number of halogens is 3. The highest BCUT2D eigenvalue weighted by Crippen LogP contribution is 2.37. The highest BCUT2D eigenvalue weighted by Gasteiger charge is 2.39. The number of rotatable bonds is 6. The first-order valence-electron chi connectivity index (χ1n) is 8.23.